The SMILES string of the molecule is COC(=O)[C@@]12C[C@H]1/C=C\CCCO[C@H](C)[C@H](NC(=O)OC(C)(C)C)C(=O)N1C[C@H](Oc3nccc4cc(OC)ccc34)C[C@H]1C(=O)N2. The Kier molecular flexibility index (Phi) is 9.94. The number of hydrogen-bond acceptors (Lipinski definition) is 10. The lowest BCUT2D eigenvalue weighted by molar-refractivity contribution is -0.148. The maximum absolute atomic E-state index is 14.4. The molecular weight excluding hydrogens is 608 g/mol. The molecule has 13 heteroatoms. The highest BCUT2D eigenvalue weighted by molar-refractivity contribution is 5.97. The number of carbonyl (C=O) groups is 4. The summed E-state index contributed by atoms with van der Waals surface area (Å²) in [7, 11) is 2.87. The molecular formula is C34H44N4O9. The summed E-state index contributed by atoms with van der Waals surface area (Å²) in [5, 5.41) is 7.18. The van der Waals surface area contributed by atoms with Gasteiger partial charge in [0.15, 0.2) is 0 Å². The summed E-state index contributed by atoms with van der Waals surface area (Å²) in [6.07, 6.45) is 5.09. The molecule has 1 saturated heterocycles. The van der Waals surface area contributed by atoms with Crippen LogP contribution in [0.1, 0.15) is 53.4 Å². The highest BCUT2D eigenvalue weighted by atomic mass is 16.6. The van der Waals surface area contributed by atoms with Crippen molar-refractivity contribution in [3.63, 3.8) is 0 Å². The molecule has 1 aromatic carbocycles. The molecule has 3 amide bonds. The average Bonchev–Trinajstić information content (AvgIpc) is 3.55. The lowest BCUT2D eigenvalue weighted by atomic mass is 10.1. The van der Waals surface area contributed by atoms with Crippen LogP contribution in [0.2, 0.25) is 0 Å². The predicted molar refractivity (Wildman–Crippen MR) is 171 cm³/mol. The van der Waals surface area contributed by atoms with Crippen molar-refractivity contribution < 1.29 is 42.9 Å². The number of nitrogens with one attached hydrogen (secondary N) is 2. The Morgan fingerprint density at radius 1 is 1.17 bits per heavy atom. The fourth-order valence-corrected chi connectivity index (χ4v) is 6.14. The maximum Gasteiger partial charge on any atom is 0.408 e. The van der Waals surface area contributed by atoms with E-state index in [4.69, 9.17) is 23.7 Å². The van der Waals surface area contributed by atoms with Crippen molar-refractivity contribution in [2.75, 3.05) is 27.4 Å². The van der Waals surface area contributed by atoms with Crippen molar-refractivity contribution in [1.82, 2.24) is 20.5 Å². The fourth-order valence-electron chi connectivity index (χ4n) is 6.14. The van der Waals surface area contributed by atoms with Crippen molar-refractivity contribution in [2.45, 2.75) is 88.8 Å². The van der Waals surface area contributed by atoms with Crippen LogP contribution in [0, 0.1) is 5.92 Å². The van der Waals surface area contributed by atoms with Crippen LogP contribution in [0.4, 0.5) is 4.79 Å². The van der Waals surface area contributed by atoms with Crippen LogP contribution in [0.25, 0.3) is 10.8 Å². The number of fused-ring (bicyclic) bond motifs is 3. The third kappa shape index (κ3) is 7.61. The number of hydrogen-bond donors (Lipinski definition) is 2. The van der Waals surface area contributed by atoms with Gasteiger partial charge in [-0.3, -0.25) is 9.59 Å². The zero-order valence-electron chi connectivity index (χ0n) is 27.7. The standard InChI is InChI=1S/C34H44N4O9/c1-20-27(36-32(42)47-33(2,3)4)30(40)38-19-24(46-29-25-12-11-23(43-5)16-21(25)13-14-35-29)17-26(38)28(39)37-34(31(41)44-6)18-22(34)10-8-7-9-15-45-20/h8,10-14,16,20,22,24,26-27H,7,9,15,17-19H2,1-6H3,(H,36,42)(H,37,39)/b10-8-/t20-,22-,24-,26+,27+,34-/m1/s1. The van der Waals surface area contributed by atoms with E-state index in [2.05, 4.69) is 15.6 Å². The predicted octanol–water partition coefficient (Wildman–Crippen LogP) is 3.29. The molecule has 1 aromatic heterocycles. The minimum absolute atomic E-state index is 0.0128. The second-order valence-corrected chi connectivity index (χ2v) is 13.2. The number of pyridine rings is 1. The number of carbonyl (C=O) groups excluding carboxylic acids is 4. The van der Waals surface area contributed by atoms with Crippen LogP contribution in [0.15, 0.2) is 42.6 Å². The van der Waals surface area contributed by atoms with Gasteiger partial charge < -0.3 is 39.2 Å². The number of ether oxygens (including phenoxy) is 5. The molecule has 0 spiro atoms. The average molecular weight is 653 g/mol. The molecule has 3 heterocycles. The number of alkyl carbamates (subject to hydrolysis) is 1. The molecule has 0 unspecified atom stereocenters. The van der Waals surface area contributed by atoms with E-state index in [0.29, 0.717) is 37.5 Å². The lowest BCUT2D eigenvalue weighted by Gasteiger charge is -2.32. The minimum Gasteiger partial charge on any atom is -0.497 e. The Morgan fingerprint density at radius 2 is 1.96 bits per heavy atom. The number of amides is 3. The van der Waals surface area contributed by atoms with E-state index in [1.54, 1.807) is 47.1 Å². The largest absolute Gasteiger partial charge is 0.497 e. The van der Waals surface area contributed by atoms with Gasteiger partial charge in [0.25, 0.3) is 0 Å². The Hall–Kier alpha value is -4.39. The monoisotopic (exact) mass is 652 g/mol. The highest BCUT2D eigenvalue weighted by Crippen LogP contribution is 2.46. The Balaban J connectivity index is 1.48. The van der Waals surface area contributed by atoms with Crippen LogP contribution < -0.4 is 20.1 Å². The third-order valence-electron chi connectivity index (χ3n) is 8.64. The van der Waals surface area contributed by atoms with E-state index in [9.17, 15) is 19.2 Å². The summed E-state index contributed by atoms with van der Waals surface area (Å²) in [5.41, 5.74) is -2.04. The highest BCUT2D eigenvalue weighted by Gasteiger charge is 2.62. The van der Waals surface area contributed by atoms with Crippen molar-refractivity contribution in [2.24, 2.45) is 5.92 Å². The summed E-state index contributed by atoms with van der Waals surface area (Å²) >= 11 is 0. The van der Waals surface area contributed by atoms with Gasteiger partial charge in [-0.2, -0.15) is 0 Å². The molecule has 2 aliphatic heterocycles. The third-order valence-corrected chi connectivity index (χ3v) is 8.64. The molecule has 6 atom stereocenters. The first-order valence-electron chi connectivity index (χ1n) is 15.9. The van der Waals surface area contributed by atoms with E-state index in [1.807, 2.05) is 30.4 Å². The molecule has 2 aromatic rings. The first-order chi connectivity index (χ1) is 22.3. The number of benzene rings is 1. The maximum atomic E-state index is 14.4. The van der Waals surface area contributed by atoms with E-state index >= 15 is 0 Å². The second kappa shape index (κ2) is 13.8. The zero-order valence-corrected chi connectivity index (χ0v) is 27.7. The van der Waals surface area contributed by atoms with E-state index < -0.39 is 59.3 Å². The Labute approximate surface area is 274 Å². The Bertz CT molecular complexity index is 1540. The number of esters is 1. The molecule has 1 aliphatic carbocycles. The van der Waals surface area contributed by atoms with E-state index in [1.165, 1.54) is 12.0 Å². The van der Waals surface area contributed by atoms with Crippen molar-refractivity contribution in [3.8, 4) is 11.6 Å². The van der Waals surface area contributed by atoms with Crippen LogP contribution in [-0.4, -0.2) is 96.6 Å². The van der Waals surface area contributed by atoms with Gasteiger partial charge >= 0.3 is 12.1 Å². The van der Waals surface area contributed by atoms with Gasteiger partial charge in [-0.05, 0) is 76.6 Å². The second-order valence-electron chi connectivity index (χ2n) is 13.2. The zero-order chi connectivity index (χ0) is 33.9. The topological polar surface area (TPSA) is 155 Å². The summed E-state index contributed by atoms with van der Waals surface area (Å²) in [5.74, 6) is -0.857. The first kappa shape index (κ1) is 34.0. The van der Waals surface area contributed by atoms with Crippen LogP contribution in [0.5, 0.6) is 11.6 Å². The van der Waals surface area contributed by atoms with Gasteiger partial charge in [0, 0.05) is 30.5 Å². The smallest absolute Gasteiger partial charge is 0.408 e. The molecule has 0 bridgehead atoms. The quantitative estimate of drug-likeness (QED) is 0.363. The van der Waals surface area contributed by atoms with E-state index in [0.717, 1.165) is 10.8 Å². The lowest BCUT2D eigenvalue weighted by Crippen LogP contribution is -2.59. The van der Waals surface area contributed by atoms with Gasteiger partial charge in [0.1, 0.15) is 35.1 Å². The van der Waals surface area contributed by atoms with Crippen molar-refractivity contribution in [1.29, 1.82) is 0 Å². The number of methoxy groups -OCH3 is 2. The molecule has 1 saturated carbocycles. The van der Waals surface area contributed by atoms with Gasteiger partial charge in [-0.1, -0.05) is 12.2 Å². The molecule has 3 aliphatic rings. The van der Waals surface area contributed by atoms with Crippen molar-refractivity contribution in [3.05, 3.63) is 42.6 Å². The Morgan fingerprint density at radius 3 is 2.68 bits per heavy atom. The summed E-state index contributed by atoms with van der Waals surface area (Å²) in [6, 6.07) is 5.12. The van der Waals surface area contributed by atoms with Gasteiger partial charge in [0.2, 0.25) is 17.7 Å². The summed E-state index contributed by atoms with van der Waals surface area (Å²) in [6.45, 7) is 7.20. The number of nitrogens with zero attached hydrogens (tertiary/aromatic N) is 2. The first-order valence-corrected chi connectivity index (χ1v) is 15.9. The fraction of sp³-hybridized carbons (Fsp3) is 0.559. The van der Waals surface area contributed by atoms with Gasteiger partial charge in [-0.25, -0.2) is 14.6 Å². The normalized spacial score (nSPS) is 28.9. The molecule has 2 fully saturated rings. The molecule has 254 valence electrons. The molecule has 5 rings (SSSR count). The van der Waals surface area contributed by atoms with Gasteiger partial charge in [0.05, 0.1) is 26.9 Å². The van der Waals surface area contributed by atoms with Crippen LogP contribution in [-0.2, 0) is 28.6 Å². The van der Waals surface area contributed by atoms with E-state index in [-0.39, 0.29) is 18.9 Å². The number of rotatable bonds is 5. The number of allylic oxidation sites excluding steroid dienone is 1. The van der Waals surface area contributed by atoms with Crippen molar-refractivity contribution >= 4 is 34.6 Å². The number of aromatic nitrogens is 1. The molecule has 0 radical (unpaired) electrons. The summed E-state index contributed by atoms with van der Waals surface area (Å²) in [4.78, 5) is 60.1. The van der Waals surface area contributed by atoms with Crippen LogP contribution >= 0.6 is 0 Å². The summed E-state index contributed by atoms with van der Waals surface area (Å²) < 4.78 is 28.3. The van der Waals surface area contributed by atoms with Gasteiger partial charge in [-0.15, -0.1) is 0 Å². The molecule has 13 nitrogen and oxygen atoms in total. The molecule has 47 heavy (non-hydrogen) atoms. The minimum atomic E-state index is -1.23. The van der Waals surface area contributed by atoms with Crippen LogP contribution in [0.3, 0.4) is 0 Å². The molecule has 2 N–H and O–H groups in total.